The monoisotopic (exact) mass is 168 g/mol. The summed E-state index contributed by atoms with van der Waals surface area (Å²) in [6.45, 7) is 0.405. The highest BCUT2D eigenvalue weighted by atomic mass is 19.1. The number of nitriles is 1. The number of nitrogens with zero attached hydrogens (tertiary/aromatic N) is 3. The summed E-state index contributed by atoms with van der Waals surface area (Å²) >= 11 is 0. The summed E-state index contributed by atoms with van der Waals surface area (Å²) in [7, 11) is 0. The van der Waals surface area contributed by atoms with Gasteiger partial charge in [-0.1, -0.05) is 0 Å². The Hall–Kier alpha value is -1.61. The first-order valence-electron chi connectivity index (χ1n) is 3.32. The fraction of sp³-hybridized carbons (Fsp3) is 0.333. The molecule has 0 fully saturated rings. The minimum Gasteiger partial charge on any atom is -0.265 e. The van der Waals surface area contributed by atoms with Crippen molar-refractivity contribution < 1.29 is 4.39 Å². The van der Waals surface area contributed by atoms with Crippen molar-refractivity contribution in [1.82, 2.24) is 16.1 Å². The maximum absolute atomic E-state index is 12.4. The van der Waals surface area contributed by atoms with Crippen LogP contribution in [0.15, 0.2) is 11.2 Å². The highest BCUT2D eigenvalue weighted by Crippen LogP contribution is 1.91. The van der Waals surface area contributed by atoms with E-state index in [0.29, 0.717) is 13.0 Å². The molecule has 1 aliphatic heterocycles. The van der Waals surface area contributed by atoms with Crippen LogP contribution < -0.4 is 10.9 Å². The van der Waals surface area contributed by atoms with Crippen LogP contribution in [0.4, 0.5) is 4.39 Å². The first-order valence-corrected chi connectivity index (χ1v) is 3.32. The molecule has 1 rings (SSSR count). The minimum atomic E-state index is -0.641. The molecule has 1 aliphatic rings. The van der Waals surface area contributed by atoms with Crippen LogP contribution in [-0.4, -0.2) is 17.7 Å². The van der Waals surface area contributed by atoms with E-state index in [0.717, 1.165) is 11.3 Å². The number of hydrazine groups is 2. The third-order valence-corrected chi connectivity index (χ3v) is 1.06. The van der Waals surface area contributed by atoms with Crippen LogP contribution >= 0.6 is 0 Å². The molecule has 5 nitrogen and oxygen atoms in total. The van der Waals surface area contributed by atoms with E-state index in [4.69, 9.17) is 5.26 Å². The number of allylic oxidation sites excluding steroid dienone is 1. The number of hydrogen-bond acceptors (Lipinski definition) is 5. The molecule has 0 atom stereocenters. The van der Waals surface area contributed by atoms with Crippen molar-refractivity contribution in [2.24, 2.45) is 5.10 Å². The molecule has 0 aromatic heterocycles. The molecular weight excluding hydrogens is 161 g/mol. The van der Waals surface area contributed by atoms with Crippen LogP contribution in [0.1, 0.15) is 6.42 Å². The Bertz CT molecular complexity index is 241. The number of halogens is 1. The number of hydrazone groups is 1. The first-order chi connectivity index (χ1) is 5.83. The first kappa shape index (κ1) is 8.49. The molecule has 0 aromatic rings. The van der Waals surface area contributed by atoms with Gasteiger partial charge in [-0.2, -0.15) is 15.1 Å². The lowest BCUT2D eigenvalue weighted by Gasteiger charge is -2.19. The molecular formula is C6H7FN5. The van der Waals surface area contributed by atoms with Crippen LogP contribution in [-0.2, 0) is 0 Å². The SMILES string of the molecule is N#CCCNN1N=C(F)C=[C]N1. The topological polar surface area (TPSA) is 63.5 Å². The van der Waals surface area contributed by atoms with Gasteiger partial charge in [-0.3, -0.25) is 5.43 Å². The van der Waals surface area contributed by atoms with E-state index in [1.54, 1.807) is 0 Å². The summed E-state index contributed by atoms with van der Waals surface area (Å²) in [5, 5.41) is 12.6. The van der Waals surface area contributed by atoms with E-state index in [1.165, 1.54) is 0 Å². The Morgan fingerprint density at radius 3 is 3.42 bits per heavy atom. The molecule has 0 saturated heterocycles. The van der Waals surface area contributed by atoms with Gasteiger partial charge in [-0.25, -0.2) is 0 Å². The van der Waals surface area contributed by atoms with Gasteiger partial charge < -0.3 is 0 Å². The van der Waals surface area contributed by atoms with E-state index in [1.807, 2.05) is 6.07 Å². The maximum Gasteiger partial charge on any atom is 0.236 e. The second-order valence-corrected chi connectivity index (χ2v) is 1.95. The number of rotatable bonds is 3. The highest BCUT2D eigenvalue weighted by molar-refractivity contribution is 5.85. The third-order valence-electron chi connectivity index (χ3n) is 1.06. The lowest BCUT2D eigenvalue weighted by Crippen LogP contribution is -2.44. The molecule has 0 unspecified atom stereocenters. The number of nitrogens with one attached hydrogen (secondary N) is 2. The van der Waals surface area contributed by atoms with E-state index < -0.39 is 5.97 Å². The average Bonchev–Trinajstić information content (AvgIpc) is 2.05. The summed E-state index contributed by atoms with van der Waals surface area (Å²) in [4.78, 5) is 0. The number of hydrogen-bond donors (Lipinski definition) is 2. The van der Waals surface area contributed by atoms with Gasteiger partial charge in [-0.05, 0) is 0 Å². The second-order valence-electron chi connectivity index (χ2n) is 1.95. The molecule has 0 spiro atoms. The van der Waals surface area contributed by atoms with Crippen molar-refractivity contribution in [1.29, 1.82) is 5.26 Å². The molecule has 0 saturated carbocycles. The Balaban J connectivity index is 2.26. The highest BCUT2D eigenvalue weighted by Gasteiger charge is 2.03. The second kappa shape index (κ2) is 4.31. The van der Waals surface area contributed by atoms with Gasteiger partial charge >= 0.3 is 0 Å². The van der Waals surface area contributed by atoms with Gasteiger partial charge in [0.1, 0.15) is 0 Å². The summed E-state index contributed by atoms with van der Waals surface area (Å²) in [6.07, 6.45) is 3.82. The van der Waals surface area contributed by atoms with E-state index in [9.17, 15) is 4.39 Å². The van der Waals surface area contributed by atoms with Crippen molar-refractivity contribution in [3.05, 3.63) is 12.3 Å². The molecule has 0 amide bonds. The molecule has 1 radical (unpaired) electrons. The van der Waals surface area contributed by atoms with Gasteiger partial charge in [0, 0.05) is 19.0 Å². The summed E-state index contributed by atoms with van der Waals surface area (Å²) in [5.74, 6) is -0.641. The predicted molar refractivity (Wildman–Crippen MR) is 39.6 cm³/mol. The molecule has 12 heavy (non-hydrogen) atoms. The summed E-state index contributed by atoms with van der Waals surface area (Å²) < 4.78 is 12.4. The normalized spacial score (nSPS) is 15.0. The smallest absolute Gasteiger partial charge is 0.236 e. The van der Waals surface area contributed by atoms with Gasteiger partial charge in [0.2, 0.25) is 5.97 Å². The molecule has 63 valence electrons. The Kier molecular flexibility index (Phi) is 3.04. The van der Waals surface area contributed by atoms with Gasteiger partial charge in [0.25, 0.3) is 0 Å². The lowest BCUT2D eigenvalue weighted by molar-refractivity contribution is 0.139. The van der Waals surface area contributed by atoms with E-state index in [-0.39, 0.29) is 0 Å². The summed E-state index contributed by atoms with van der Waals surface area (Å²) in [6, 6.07) is 1.93. The molecule has 1 heterocycles. The van der Waals surface area contributed by atoms with Crippen molar-refractivity contribution in [2.75, 3.05) is 6.54 Å². The van der Waals surface area contributed by atoms with Gasteiger partial charge in [0.05, 0.1) is 12.3 Å². The lowest BCUT2D eigenvalue weighted by atomic mass is 10.5. The van der Waals surface area contributed by atoms with E-state index >= 15 is 0 Å². The zero-order valence-electron chi connectivity index (χ0n) is 6.21. The van der Waals surface area contributed by atoms with Crippen molar-refractivity contribution in [3.8, 4) is 6.07 Å². The standard InChI is InChI=1S/C6H7FN5/c7-6-2-5-10-12(11-6)9-4-1-3-8/h2,9-10H,1,4H2. The fourth-order valence-electron chi connectivity index (χ4n) is 0.595. The van der Waals surface area contributed by atoms with Gasteiger partial charge in [0.15, 0.2) is 0 Å². The predicted octanol–water partition coefficient (Wildman–Crippen LogP) is -0.175. The zero-order valence-corrected chi connectivity index (χ0v) is 6.21. The Morgan fingerprint density at radius 1 is 1.92 bits per heavy atom. The van der Waals surface area contributed by atoms with Crippen molar-refractivity contribution in [3.63, 3.8) is 0 Å². The molecule has 6 heteroatoms. The van der Waals surface area contributed by atoms with Crippen molar-refractivity contribution >= 4 is 5.97 Å². The molecule has 2 N–H and O–H groups in total. The largest absolute Gasteiger partial charge is 0.265 e. The maximum atomic E-state index is 12.4. The molecule has 0 aliphatic carbocycles. The quantitative estimate of drug-likeness (QED) is 0.574. The van der Waals surface area contributed by atoms with Crippen LogP contribution in [0.2, 0.25) is 0 Å². The fourth-order valence-corrected chi connectivity index (χ4v) is 0.595. The van der Waals surface area contributed by atoms with E-state index in [2.05, 4.69) is 22.2 Å². The molecule has 0 bridgehead atoms. The van der Waals surface area contributed by atoms with Crippen molar-refractivity contribution in [2.45, 2.75) is 6.42 Å². The average molecular weight is 168 g/mol. The van der Waals surface area contributed by atoms with Crippen LogP contribution in [0, 0.1) is 17.5 Å². The minimum absolute atomic E-state index is 0.332. The third kappa shape index (κ3) is 2.56. The Morgan fingerprint density at radius 2 is 2.75 bits per heavy atom. The summed E-state index contributed by atoms with van der Waals surface area (Å²) in [5.41, 5.74) is 5.13. The van der Waals surface area contributed by atoms with Crippen LogP contribution in [0.25, 0.3) is 0 Å². The zero-order chi connectivity index (χ0) is 8.81. The molecule has 0 aromatic carbocycles. The van der Waals surface area contributed by atoms with Crippen LogP contribution in [0.3, 0.4) is 0 Å². The van der Waals surface area contributed by atoms with Crippen LogP contribution in [0.5, 0.6) is 0 Å². The Labute approximate surface area is 69.1 Å². The van der Waals surface area contributed by atoms with Gasteiger partial charge in [-0.15, -0.1) is 10.3 Å².